The van der Waals surface area contributed by atoms with E-state index in [1.54, 1.807) is 12.4 Å². The lowest BCUT2D eigenvalue weighted by Crippen LogP contribution is -2.49. The van der Waals surface area contributed by atoms with Crippen molar-refractivity contribution >= 4 is 27.5 Å². The summed E-state index contributed by atoms with van der Waals surface area (Å²) >= 11 is 3.45. The quantitative estimate of drug-likeness (QED) is 0.892. The number of pyridine rings is 1. The van der Waals surface area contributed by atoms with Crippen LogP contribution in [0.1, 0.15) is 32.1 Å². The molecule has 0 spiro atoms. The number of halogens is 1. The van der Waals surface area contributed by atoms with Crippen molar-refractivity contribution in [3.63, 3.8) is 0 Å². The van der Waals surface area contributed by atoms with E-state index < -0.39 is 0 Å². The van der Waals surface area contributed by atoms with Crippen molar-refractivity contribution in [2.24, 2.45) is 29.6 Å². The summed E-state index contributed by atoms with van der Waals surface area (Å²) in [6, 6.07) is 1.86. The standard InChI is InChI=1S/C16H19BrN2O/c17-13-8-18-2-1-14(13)19-16(20)15-11-4-9-3-10(6-11)7-12(15)5-9/h1-2,8-12,15H,3-7H2,(H,18,19,20). The fraction of sp³-hybridized carbons (Fsp3) is 0.625. The van der Waals surface area contributed by atoms with Crippen LogP contribution in [0.3, 0.4) is 0 Å². The molecule has 0 aromatic carbocycles. The van der Waals surface area contributed by atoms with E-state index in [9.17, 15) is 4.79 Å². The predicted molar refractivity (Wildman–Crippen MR) is 81.1 cm³/mol. The monoisotopic (exact) mass is 334 g/mol. The van der Waals surface area contributed by atoms with Gasteiger partial charge in [-0.1, -0.05) is 0 Å². The highest BCUT2D eigenvalue weighted by Gasteiger charge is 2.50. The van der Waals surface area contributed by atoms with Crippen molar-refractivity contribution in [1.29, 1.82) is 0 Å². The smallest absolute Gasteiger partial charge is 0.228 e. The molecule has 0 unspecified atom stereocenters. The molecular weight excluding hydrogens is 316 g/mol. The zero-order valence-corrected chi connectivity index (χ0v) is 13.0. The Morgan fingerprint density at radius 1 is 1.15 bits per heavy atom. The van der Waals surface area contributed by atoms with Crippen molar-refractivity contribution in [2.45, 2.75) is 32.1 Å². The number of nitrogens with one attached hydrogen (secondary N) is 1. The lowest BCUT2D eigenvalue weighted by Gasteiger charge is -2.53. The minimum Gasteiger partial charge on any atom is -0.325 e. The van der Waals surface area contributed by atoms with Gasteiger partial charge in [-0.05, 0) is 77.8 Å². The minimum absolute atomic E-state index is 0.228. The van der Waals surface area contributed by atoms with Gasteiger partial charge in [-0.3, -0.25) is 9.78 Å². The summed E-state index contributed by atoms with van der Waals surface area (Å²) in [5.74, 6) is 3.55. The Kier molecular flexibility index (Phi) is 3.09. The fourth-order valence-corrected chi connectivity index (χ4v) is 5.40. The number of hydrogen-bond acceptors (Lipinski definition) is 2. The second kappa shape index (κ2) is 4.83. The molecule has 4 aliphatic carbocycles. The molecule has 4 aliphatic rings. The normalized spacial score (nSPS) is 38.0. The van der Waals surface area contributed by atoms with E-state index >= 15 is 0 Å². The maximum absolute atomic E-state index is 12.7. The number of rotatable bonds is 2. The molecule has 1 amide bonds. The van der Waals surface area contributed by atoms with E-state index in [4.69, 9.17) is 0 Å². The Morgan fingerprint density at radius 2 is 1.80 bits per heavy atom. The zero-order chi connectivity index (χ0) is 13.7. The van der Waals surface area contributed by atoms with Gasteiger partial charge in [0.05, 0.1) is 10.2 Å². The first-order chi connectivity index (χ1) is 9.70. The van der Waals surface area contributed by atoms with Crippen LogP contribution in [-0.2, 0) is 4.79 Å². The molecule has 3 nitrogen and oxygen atoms in total. The van der Waals surface area contributed by atoms with Gasteiger partial charge in [0.25, 0.3) is 0 Å². The number of hydrogen-bond donors (Lipinski definition) is 1. The first kappa shape index (κ1) is 12.8. The van der Waals surface area contributed by atoms with Gasteiger partial charge in [0.2, 0.25) is 5.91 Å². The number of carbonyl (C=O) groups is 1. The first-order valence-corrected chi connectivity index (χ1v) is 8.40. The second-order valence-electron chi connectivity index (χ2n) is 6.80. The maximum Gasteiger partial charge on any atom is 0.228 e. The third-order valence-electron chi connectivity index (χ3n) is 5.56. The van der Waals surface area contributed by atoms with Gasteiger partial charge in [-0.2, -0.15) is 0 Å². The number of anilines is 1. The summed E-state index contributed by atoms with van der Waals surface area (Å²) in [7, 11) is 0. The third-order valence-corrected chi connectivity index (χ3v) is 6.19. The van der Waals surface area contributed by atoms with Crippen molar-refractivity contribution in [3.8, 4) is 0 Å². The lowest BCUT2D eigenvalue weighted by molar-refractivity contribution is -0.132. The van der Waals surface area contributed by atoms with Crippen LogP contribution in [0.25, 0.3) is 0 Å². The van der Waals surface area contributed by atoms with Crippen LogP contribution in [0.15, 0.2) is 22.9 Å². The average molecular weight is 335 g/mol. The SMILES string of the molecule is O=C(Nc1ccncc1Br)C1C2CC3CC(C2)CC1C3. The summed E-state index contributed by atoms with van der Waals surface area (Å²) in [5, 5.41) is 3.11. The fourth-order valence-electron chi connectivity index (χ4n) is 5.05. The summed E-state index contributed by atoms with van der Waals surface area (Å²) in [4.78, 5) is 16.7. The molecule has 106 valence electrons. The van der Waals surface area contributed by atoms with Crippen LogP contribution in [0.4, 0.5) is 5.69 Å². The number of amides is 1. The highest BCUT2D eigenvalue weighted by molar-refractivity contribution is 9.10. The van der Waals surface area contributed by atoms with Crippen LogP contribution in [-0.4, -0.2) is 10.9 Å². The molecule has 0 atom stereocenters. The maximum atomic E-state index is 12.7. The van der Waals surface area contributed by atoms with Crippen LogP contribution in [0.2, 0.25) is 0 Å². The Labute approximate surface area is 127 Å². The average Bonchev–Trinajstić information content (AvgIpc) is 2.40. The van der Waals surface area contributed by atoms with Crippen molar-refractivity contribution in [1.82, 2.24) is 4.98 Å². The molecule has 4 fully saturated rings. The molecule has 0 saturated heterocycles. The van der Waals surface area contributed by atoms with Gasteiger partial charge in [0.15, 0.2) is 0 Å². The molecule has 4 heteroatoms. The molecule has 4 bridgehead atoms. The highest BCUT2D eigenvalue weighted by atomic mass is 79.9. The topological polar surface area (TPSA) is 42.0 Å². The predicted octanol–water partition coefficient (Wildman–Crippen LogP) is 3.85. The van der Waals surface area contributed by atoms with Gasteiger partial charge in [-0.25, -0.2) is 0 Å². The Morgan fingerprint density at radius 3 is 2.40 bits per heavy atom. The highest BCUT2D eigenvalue weighted by Crippen LogP contribution is 2.56. The van der Waals surface area contributed by atoms with Gasteiger partial charge in [0.1, 0.15) is 0 Å². The first-order valence-electron chi connectivity index (χ1n) is 7.61. The molecule has 1 heterocycles. The van der Waals surface area contributed by atoms with Crippen molar-refractivity contribution in [3.05, 3.63) is 22.9 Å². The summed E-state index contributed by atoms with van der Waals surface area (Å²) < 4.78 is 0.858. The largest absolute Gasteiger partial charge is 0.325 e. The van der Waals surface area contributed by atoms with Gasteiger partial charge < -0.3 is 5.32 Å². The third kappa shape index (κ3) is 2.09. The van der Waals surface area contributed by atoms with Crippen LogP contribution in [0.5, 0.6) is 0 Å². The minimum atomic E-state index is 0.228. The van der Waals surface area contributed by atoms with E-state index in [1.165, 1.54) is 32.1 Å². The van der Waals surface area contributed by atoms with E-state index in [0.717, 1.165) is 22.0 Å². The summed E-state index contributed by atoms with van der Waals surface area (Å²) in [6.07, 6.45) is 10.00. The van der Waals surface area contributed by atoms with E-state index in [-0.39, 0.29) is 11.8 Å². The van der Waals surface area contributed by atoms with E-state index in [1.807, 2.05) is 6.07 Å². The lowest BCUT2D eigenvalue weighted by atomic mass is 9.51. The van der Waals surface area contributed by atoms with Gasteiger partial charge >= 0.3 is 0 Å². The van der Waals surface area contributed by atoms with E-state index in [2.05, 4.69) is 26.2 Å². The van der Waals surface area contributed by atoms with E-state index in [0.29, 0.717) is 11.8 Å². The zero-order valence-electron chi connectivity index (χ0n) is 11.4. The van der Waals surface area contributed by atoms with Crippen molar-refractivity contribution < 1.29 is 4.79 Å². The molecule has 1 aromatic heterocycles. The molecule has 4 saturated carbocycles. The number of carbonyl (C=O) groups excluding carboxylic acids is 1. The molecule has 5 rings (SSSR count). The van der Waals surface area contributed by atoms with Gasteiger partial charge in [-0.15, -0.1) is 0 Å². The second-order valence-corrected chi connectivity index (χ2v) is 7.66. The molecule has 1 aromatic rings. The molecule has 0 radical (unpaired) electrons. The number of nitrogens with zero attached hydrogens (tertiary/aromatic N) is 1. The Balaban J connectivity index is 1.53. The summed E-state index contributed by atoms with van der Waals surface area (Å²) in [6.45, 7) is 0. The molecular formula is C16H19BrN2O. The molecule has 1 N–H and O–H groups in total. The molecule has 20 heavy (non-hydrogen) atoms. The van der Waals surface area contributed by atoms with Crippen molar-refractivity contribution in [2.75, 3.05) is 5.32 Å². The van der Waals surface area contributed by atoms with Crippen LogP contribution >= 0.6 is 15.9 Å². The van der Waals surface area contributed by atoms with Crippen LogP contribution in [0, 0.1) is 29.6 Å². The Bertz CT molecular complexity index is 517. The molecule has 0 aliphatic heterocycles. The Hall–Kier alpha value is -0.900. The van der Waals surface area contributed by atoms with Crippen LogP contribution < -0.4 is 5.32 Å². The summed E-state index contributed by atoms with van der Waals surface area (Å²) in [5.41, 5.74) is 0.846. The number of aromatic nitrogens is 1. The van der Waals surface area contributed by atoms with Gasteiger partial charge in [0, 0.05) is 18.3 Å².